The number of carbonyl (C=O) groups excluding carboxylic acids is 2. The van der Waals surface area contributed by atoms with Crippen molar-refractivity contribution in [2.45, 2.75) is 6.92 Å². The quantitative estimate of drug-likeness (QED) is 0.818. The van der Waals surface area contributed by atoms with E-state index in [0.29, 0.717) is 24.5 Å². The predicted octanol–water partition coefficient (Wildman–Crippen LogP) is 2.77. The fraction of sp³-hybridized carbons (Fsp3) is 0.300. The van der Waals surface area contributed by atoms with Crippen LogP contribution in [0.2, 0.25) is 0 Å². The second kappa shape index (κ2) is 8.64. The van der Waals surface area contributed by atoms with Crippen LogP contribution in [0.4, 0.5) is 15.8 Å². The van der Waals surface area contributed by atoms with Crippen molar-refractivity contribution in [1.29, 1.82) is 0 Å². The van der Waals surface area contributed by atoms with E-state index in [9.17, 15) is 14.0 Å². The molecule has 1 N–H and O–H groups in total. The number of aryl methyl sites for hydroxylation is 1. The molecule has 7 heteroatoms. The lowest BCUT2D eigenvalue weighted by molar-refractivity contribution is -0.119. The second-order valence-corrected chi connectivity index (χ2v) is 6.23. The van der Waals surface area contributed by atoms with Gasteiger partial charge in [0.05, 0.1) is 18.8 Å². The SMILES string of the molecule is Cc1ccc(F)cc1C(=O)OCC(=O)Nc1ccc(N2CCOCC2)cc1. The van der Waals surface area contributed by atoms with Crippen LogP contribution < -0.4 is 10.2 Å². The smallest absolute Gasteiger partial charge is 0.339 e. The normalized spacial score (nSPS) is 13.9. The van der Waals surface area contributed by atoms with Gasteiger partial charge in [0, 0.05) is 24.5 Å². The molecule has 0 spiro atoms. The minimum Gasteiger partial charge on any atom is -0.452 e. The number of benzene rings is 2. The van der Waals surface area contributed by atoms with Crippen LogP contribution in [0, 0.1) is 12.7 Å². The van der Waals surface area contributed by atoms with Gasteiger partial charge >= 0.3 is 5.97 Å². The monoisotopic (exact) mass is 372 g/mol. The summed E-state index contributed by atoms with van der Waals surface area (Å²) in [6.07, 6.45) is 0. The van der Waals surface area contributed by atoms with E-state index in [0.717, 1.165) is 24.8 Å². The Hall–Kier alpha value is -2.93. The van der Waals surface area contributed by atoms with Gasteiger partial charge in [0.15, 0.2) is 6.61 Å². The number of morpholine rings is 1. The number of hydrogen-bond acceptors (Lipinski definition) is 5. The molecule has 0 aliphatic carbocycles. The third-order valence-electron chi connectivity index (χ3n) is 4.28. The van der Waals surface area contributed by atoms with E-state index in [1.54, 1.807) is 19.1 Å². The summed E-state index contributed by atoms with van der Waals surface area (Å²) in [7, 11) is 0. The summed E-state index contributed by atoms with van der Waals surface area (Å²) >= 11 is 0. The number of hydrogen-bond donors (Lipinski definition) is 1. The van der Waals surface area contributed by atoms with Crippen molar-refractivity contribution in [1.82, 2.24) is 0 Å². The van der Waals surface area contributed by atoms with Crippen LogP contribution >= 0.6 is 0 Å². The van der Waals surface area contributed by atoms with Gasteiger partial charge in [0.25, 0.3) is 5.91 Å². The van der Waals surface area contributed by atoms with Crippen LogP contribution in [0.15, 0.2) is 42.5 Å². The number of nitrogens with one attached hydrogen (secondary N) is 1. The molecule has 0 unspecified atom stereocenters. The molecule has 1 aliphatic heterocycles. The lowest BCUT2D eigenvalue weighted by Crippen LogP contribution is -2.36. The topological polar surface area (TPSA) is 67.9 Å². The van der Waals surface area contributed by atoms with Crippen molar-refractivity contribution < 1.29 is 23.5 Å². The van der Waals surface area contributed by atoms with Gasteiger partial charge in [-0.25, -0.2) is 9.18 Å². The van der Waals surface area contributed by atoms with Crippen molar-refractivity contribution in [3.05, 3.63) is 59.4 Å². The molecule has 1 fully saturated rings. The minimum absolute atomic E-state index is 0.109. The molecular formula is C20H21FN2O4. The van der Waals surface area contributed by atoms with E-state index in [-0.39, 0.29) is 5.56 Å². The van der Waals surface area contributed by atoms with Crippen LogP contribution in [0.1, 0.15) is 15.9 Å². The largest absolute Gasteiger partial charge is 0.452 e. The Balaban J connectivity index is 1.51. The number of ether oxygens (including phenoxy) is 2. The van der Waals surface area contributed by atoms with Crippen molar-refractivity contribution in [3.63, 3.8) is 0 Å². The van der Waals surface area contributed by atoms with E-state index >= 15 is 0 Å². The first-order valence-electron chi connectivity index (χ1n) is 8.69. The highest BCUT2D eigenvalue weighted by molar-refractivity contribution is 5.96. The fourth-order valence-electron chi connectivity index (χ4n) is 2.80. The molecule has 0 atom stereocenters. The lowest BCUT2D eigenvalue weighted by Gasteiger charge is -2.28. The summed E-state index contributed by atoms with van der Waals surface area (Å²) in [6, 6.07) is 11.3. The molecule has 27 heavy (non-hydrogen) atoms. The molecule has 0 radical (unpaired) electrons. The lowest BCUT2D eigenvalue weighted by atomic mass is 10.1. The molecule has 3 rings (SSSR count). The Morgan fingerprint density at radius 3 is 2.56 bits per heavy atom. The highest BCUT2D eigenvalue weighted by atomic mass is 19.1. The molecule has 2 aromatic carbocycles. The summed E-state index contributed by atoms with van der Waals surface area (Å²) in [5.74, 6) is -1.72. The second-order valence-electron chi connectivity index (χ2n) is 6.23. The minimum atomic E-state index is -0.732. The molecule has 1 aliphatic rings. The van der Waals surface area contributed by atoms with Gasteiger partial charge < -0.3 is 19.7 Å². The van der Waals surface area contributed by atoms with Gasteiger partial charge in [-0.15, -0.1) is 0 Å². The van der Waals surface area contributed by atoms with Crippen LogP contribution in [-0.2, 0) is 14.3 Å². The summed E-state index contributed by atoms with van der Waals surface area (Å²) in [6.45, 7) is 4.30. The van der Waals surface area contributed by atoms with Crippen LogP contribution in [0.3, 0.4) is 0 Å². The maximum atomic E-state index is 13.3. The van der Waals surface area contributed by atoms with Crippen molar-refractivity contribution in [2.75, 3.05) is 43.1 Å². The average molecular weight is 372 g/mol. The molecule has 0 bridgehead atoms. The van der Waals surface area contributed by atoms with Crippen LogP contribution in [-0.4, -0.2) is 44.8 Å². The highest BCUT2D eigenvalue weighted by Gasteiger charge is 2.14. The zero-order chi connectivity index (χ0) is 19.2. The maximum Gasteiger partial charge on any atom is 0.339 e. The number of halogens is 1. The summed E-state index contributed by atoms with van der Waals surface area (Å²) < 4.78 is 23.6. The number of amides is 1. The third kappa shape index (κ3) is 5.04. The van der Waals surface area contributed by atoms with E-state index in [1.165, 1.54) is 12.1 Å². The van der Waals surface area contributed by atoms with Crippen LogP contribution in [0.5, 0.6) is 0 Å². The van der Waals surface area contributed by atoms with Gasteiger partial charge in [-0.1, -0.05) is 6.07 Å². The van der Waals surface area contributed by atoms with E-state index < -0.39 is 24.3 Å². The standard InChI is InChI=1S/C20H21FN2O4/c1-14-2-3-15(21)12-18(14)20(25)27-13-19(24)22-16-4-6-17(7-5-16)23-8-10-26-11-9-23/h2-7,12H,8-11,13H2,1H3,(H,22,24). The third-order valence-corrected chi connectivity index (χ3v) is 4.28. The van der Waals surface area contributed by atoms with E-state index in [2.05, 4.69) is 10.2 Å². The zero-order valence-corrected chi connectivity index (χ0v) is 15.0. The molecular weight excluding hydrogens is 351 g/mol. The van der Waals surface area contributed by atoms with Crippen molar-refractivity contribution in [3.8, 4) is 0 Å². The number of anilines is 2. The Kier molecular flexibility index (Phi) is 6.03. The summed E-state index contributed by atoms with van der Waals surface area (Å²) in [5.41, 5.74) is 2.36. The number of nitrogens with zero attached hydrogens (tertiary/aromatic N) is 1. The summed E-state index contributed by atoms with van der Waals surface area (Å²) in [4.78, 5) is 26.2. The first-order chi connectivity index (χ1) is 13.0. The molecule has 0 aromatic heterocycles. The fourth-order valence-corrected chi connectivity index (χ4v) is 2.80. The highest BCUT2D eigenvalue weighted by Crippen LogP contribution is 2.19. The van der Waals surface area contributed by atoms with Crippen molar-refractivity contribution in [2.24, 2.45) is 0 Å². The first kappa shape index (κ1) is 18.8. The Morgan fingerprint density at radius 2 is 1.85 bits per heavy atom. The Bertz CT molecular complexity index is 817. The zero-order valence-electron chi connectivity index (χ0n) is 15.0. The average Bonchev–Trinajstić information content (AvgIpc) is 2.69. The van der Waals surface area contributed by atoms with Gasteiger partial charge in [0.2, 0.25) is 0 Å². The van der Waals surface area contributed by atoms with Gasteiger partial charge in [-0.05, 0) is 48.9 Å². The molecule has 1 amide bonds. The summed E-state index contributed by atoms with van der Waals surface area (Å²) in [5, 5.41) is 2.67. The molecule has 142 valence electrons. The van der Waals surface area contributed by atoms with Gasteiger partial charge in [0.1, 0.15) is 5.82 Å². The van der Waals surface area contributed by atoms with E-state index in [4.69, 9.17) is 9.47 Å². The maximum absolute atomic E-state index is 13.3. The molecule has 6 nitrogen and oxygen atoms in total. The number of esters is 1. The van der Waals surface area contributed by atoms with Crippen molar-refractivity contribution >= 4 is 23.3 Å². The molecule has 0 saturated carbocycles. The number of rotatable bonds is 5. The molecule has 2 aromatic rings. The predicted molar refractivity (Wildman–Crippen MR) is 99.5 cm³/mol. The van der Waals surface area contributed by atoms with Gasteiger partial charge in [-0.2, -0.15) is 0 Å². The first-order valence-corrected chi connectivity index (χ1v) is 8.69. The molecule has 1 saturated heterocycles. The molecule has 1 heterocycles. The number of carbonyl (C=O) groups is 2. The van der Waals surface area contributed by atoms with Crippen LogP contribution in [0.25, 0.3) is 0 Å². The van der Waals surface area contributed by atoms with E-state index in [1.807, 2.05) is 12.1 Å². The van der Waals surface area contributed by atoms with Gasteiger partial charge in [-0.3, -0.25) is 4.79 Å². The Morgan fingerprint density at radius 1 is 1.15 bits per heavy atom. The Labute approximate surface area is 156 Å².